The zero-order valence-electron chi connectivity index (χ0n) is 7.93. The van der Waals surface area contributed by atoms with E-state index in [0.29, 0.717) is 6.07 Å². The first-order chi connectivity index (χ1) is 7.71. The van der Waals surface area contributed by atoms with Crippen LogP contribution in [-0.2, 0) is 9.05 Å². The molecule has 1 N–H and O–H groups in total. The van der Waals surface area contributed by atoms with Crippen molar-refractivity contribution < 1.29 is 31.8 Å². The lowest BCUT2D eigenvalue weighted by atomic mass is 10.2. The Kier molecular flexibility index (Phi) is 3.89. The van der Waals surface area contributed by atoms with Gasteiger partial charge < -0.3 is 9.84 Å². The van der Waals surface area contributed by atoms with E-state index >= 15 is 0 Å². The summed E-state index contributed by atoms with van der Waals surface area (Å²) in [6.45, 7) is -3.25. The fourth-order valence-electron chi connectivity index (χ4n) is 1.02. The van der Waals surface area contributed by atoms with Crippen LogP contribution in [0.3, 0.4) is 0 Å². The highest BCUT2D eigenvalue weighted by Gasteiger charge is 2.21. The second-order valence-electron chi connectivity index (χ2n) is 2.78. The zero-order chi connectivity index (χ0) is 13.2. The minimum Gasteiger partial charge on any atom is -0.478 e. The molecule has 0 fully saturated rings. The van der Waals surface area contributed by atoms with Gasteiger partial charge in [0.05, 0.1) is 5.56 Å². The molecule has 0 radical (unpaired) electrons. The third-order valence-electron chi connectivity index (χ3n) is 1.67. The molecule has 0 heterocycles. The van der Waals surface area contributed by atoms with Crippen LogP contribution in [0.15, 0.2) is 23.1 Å². The van der Waals surface area contributed by atoms with Crippen molar-refractivity contribution >= 4 is 25.7 Å². The van der Waals surface area contributed by atoms with E-state index in [9.17, 15) is 22.0 Å². The molecule has 1 rings (SSSR count). The molecular formula is C8H5ClF2O5S. The summed E-state index contributed by atoms with van der Waals surface area (Å²) in [4.78, 5) is 9.77. The van der Waals surface area contributed by atoms with Crippen molar-refractivity contribution in [1.82, 2.24) is 0 Å². The molecule has 0 aliphatic heterocycles. The number of aromatic carboxylic acids is 1. The topological polar surface area (TPSA) is 80.7 Å². The van der Waals surface area contributed by atoms with Crippen molar-refractivity contribution in [2.75, 3.05) is 0 Å². The number of carboxylic acids is 1. The van der Waals surface area contributed by atoms with Crippen LogP contribution in [0.4, 0.5) is 8.78 Å². The van der Waals surface area contributed by atoms with Crippen LogP contribution in [0, 0.1) is 0 Å². The summed E-state index contributed by atoms with van der Waals surface area (Å²) < 4.78 is 50.0. The van der Waals surface area contributed by atoms with E-state index in [0.717, 1.165) is 12.1 Å². The summed E-state index contributed by atoms with van der Waals surface area (Å²) in [5.41, 5.74) is -0.411. The lowest BCUT2D eigenvalue weighted by Gasteiger charge is -2.08. The Morgan fingerprint density at radius 2 is 2.00 bits per heavy atom. The van der Waals surface area contributed by atoms with Crippen LogP contribution in [0.25, 0.3) is 0 Å². The van der Waals surface area contributed by atoms with E-state index in [2.05, 4.69) is 4.74 Å². The molecule has 0 bridgehead atoms. The molecule has 17 heavy (non-hydrogen) atoms. The van der Waals surface area contributed by atoms with Crippen molar-refractivity contribution in [3.8, 4) is 5.75 Å². The minimum atomic E-state index is -4.38. The third-order valence-corrected chi connectivity index (χ3v) is 3.01. The predicted molar refractivity (Wildman–Crippen MR) is 53.1 cm³/mol. The largest absolute Gasteiger partial charge is 0.478 e. The number of carboxylic acid groups (broad SMARTS) is 1. The van der Waals surface area contributed by atoms with Gasteiger partial charge in [-0.2, -0.15) is 8.78 Å². The highest BCUT2D eigenvalue weighted by atomic mass is 35.7. The number of ether oxygens (including phenoxy) is 1. The Labute approximate surface area is 99.0 Å². The van der Waals surface area contributed by atoms with Gasteiger partial charge in [0, 0.05) is 10.7 Å². The molecule has 5 nitrogen and oxygen atoms in total. The van der Waals surface area contributed by atoms with Crippen molar-refractivity contribution in [2.24, 2.45) is 0 Å². The number of benzene rings is 1. The summed E-state index contributed by atoms with van der Waals surface area (Å²) in [6, 6.07) is 2.36. The Bertz CT molecular complexity index is 543. The van der Waals surface area contributed by atoms with Gasteiger partial charge in [0.2, 0.25) is 0 Å². The van der Waals surface area contributed by atoms with Gasteiger partial charge in [-0.05, 0) is 18.2 Å². The highest BCUT2D eigenvalue weighted by Crippen LogP contribution is 2.29. The van der Waals surface area contributed by atoms with Crippen molar-refractivity contribution in [1.29, 1.82) is 0 Å². The minimum absolute atomic E-state index is 0.411. The number of rotatable bonds is 4. The molecule has 1 aromatic rings. The van der Waals surface area contributed by atoms with Gasteiger partial charge in [0.15, 0.2) is 0 Å². The molecule has 0 spiro atoms. The molecule has 94 valence electrons. The molecular weight excluding hydrogens is 282 g/mol. The third kappa shape index (κ3) is 3.53. The standard InChI is InChI=1S/C8H5ClF2O5S/c9-17(14,15)6-3-4(7(12)13)1-2-5(6)16-8(10)11/h1-3,8H,(H,12,13). The molecule has 0 atom stereocenters. The van der Waals surface area contributed by atoms with Crippen LogP contribution >= 0.6 is 10.7 Å². The summed E-state index contributed by atoms with van der Waals surface area (Å²) >= 11 is 0. The van der Waals surface area contributed by atoms with Gasteiger partial charge in [0.1, 0.15) is 10.6 Å². The number of carbonyl (C=O) groups is 1. The lowest BCUT2D eigenvalue weighted by Crippen LogP contribution is -2.07. The van der Waals surface area contributed by atoms with Crippen LogP contribution in [-0.4, -0.2) is 26.1 Å². The first-order valence-electron chi connectivity index (χ1n) is 3.98. The van der Waals surface area contributed by atoms with Gasteiger partial charge in [0.25, 0.3) is 9.05 Å². The second kappa shape index (κ2) is 4.84. The Morgan fingerprint density at radius 3 is 2.41 bits per heavy atom. The lowest BCUT2D eigenvalue weighted by molar-refractivity contribution is -0.0517. The second-order valence-corrected chi connectivity index (χ2v) is 5.32. The average Bonchev–Trinajstić information content (AvgIpc) is 2.15. The summed E-state index contributed by atoms with van der Waals surface area (Å²) in [6.07, 6.45) is 0. The fraction of sp³-hybridized carbons (Fsp3) is 0.125. The number of alkyl halides is 2. The Balaban J connectivity index is 3.37. The van der Waals surface area contributed by atoms with Gasteiger partial charge in [-0.3, -0.25) is 0 Å². The molecule has 9 heteroatoms. The van der Waals surface area contributed by atoms with E-state index in [1.54, 1.807) is 0 Å². The Morgan fingerprint density at radius 1 is 1.41 bits per heavy atom. The number of hydrogen-bond donors (Lipinski definition) is 1. The predicted octanol–water partition coefficient (Wildman–Crippen LogP) is 1.91. The van der Waals surface area contributed by atoms with Crippen molar-refractivity contribution in [2.45, 2.75) is 11.5 Å². The smallest absolute Gasteiger partial charge is 0.387 e. The van der Waals surface area contributed by atoms with E-state index in [1.165, 1.54) is 0 Å². The Hall–Kier alpha value is -1.41. The summed E-state index contributed by atoms with van der Waals surface area (Å²) in [5.74, 6) is -2.13. The summed E-state index contributed by atoms with van der Waals surface area (Å²) in [5, 5.41) is 8.62. The number of hydrogen-bond acceptors (Lipinski definition) is 4. The van der Waals surface area contributed by atoms with Gasteiger partial charge in [-0.15, -0.1) is 0 Å². The van der Waals surface area contributed by atoms with E-state index < -0.39 is 37.8 Å². The first kappa shape index (κ1) is 13.7. The quantitative estimate of drug-likeness (QED) is 0.855. The van der Waals surface area contributed by atoms with Gasteiger partial charge in [-0.1, -0.05) is 0 Å². The maximum absolute atomic E-state index is 12.0. The van der Waals surface area contributed by atoms with Crippen LogP contribution < -0.4 is 4.74 Å². The normalized spacial score (nSPS) is 11.5. The molecule has 0 aromatic heterocycles. The maximum atomic E-state index is 12.0. The maximum Gasteiger partial charge on any atom is 0.387 e. The van der Waals surface area contributed by atoms with Crippen LogP contribution in [0.1, 0.15) is 10.4 Å². The first-order valence-corrected chi connectivity index (χ1v) is 6.29. The van der Waals surface area contributed by atoms with Crippen molar-refractivity contribution in [3.05, 3.63) is 23.8 Å². The molecule has 0 aliphatic carbocycles. The molecule has 0 aliphatic rings. The number of halogens is 3. The molecule has 0 unspecified atom stereocenters. The zero-order valence-corrected chi connectivity index (χ0v) is 9.50. The fourth-order valence-corrected chi connectivity index (χ4v) is 2.01. The van der Waals surface area contributed by atoms with Gasteiger partial charge >= 0.3 is 12.6 Å². The highest BCUT2D eigenvalue weighted by molar-refractivity contribution is 8.13. The molecule has 0 saturated carbocycles. The molecule has 0 amide bonds. The van der Waals surface area contributed by atoms with Gasteiger partial charge in [-0.25, -0.2) is 13.2 Å². The summed E-state index contributed by atoms with van der Waals surface area (Å²) in [7, 11) is 0.594. The molecule has 1 aromatic carbocycles. The van der Waals surface area contributed by atoms with Crippen molar-refractivity contribution in [3.63, 3.8) is 0 Å². The average molecular weight is 287 g/mol. The van der Waals surface area contributed by atoms with E-state index in [-0.39, 0.29) is 0 Å². The van der Waals surface area contributed by atoms with E-state index in [1.807, 2.05) is 0 Å². The van der Waals surface area contributed by atoms with Crippen LogP contribution in [0.2, 0.25) is 0 Å². The van der Waals surface area contributed by atoms with E-state index in [4.69, 9.17) is 15.8 Å². The SMILES string of the molecule is O=C(O)c1ccc(OC(F)F)c(S(=O)(=O)Cl)c1. The van der Waals surface area contributed by atoms with Crippen LogP contribution in [0.5, 0.6) is 5.75 Å². The monoisotopic (exact) mass is 286 g/mol. The molecule has 0 saturated heterocycles.